The van der Waals surface area contributed by atoms with Gasteiger partial charge in [0.2, 0.25) is 0 Å². The van der Waals surface area contributed by atoms with Gasteiger partial charge in [-0.1, -0.05) is 35.4 Å². The molecule has 0 saturated heterocycles. The van der Waals surface area contributed by atoms with Crippen LogP contribution in [0.1, 0.15) is 15.9 Å². The van der Waals surface area contributed by atoms with Gasteiger partial charge in [0, 0.05) is 10.6 Å². The van der Waals surface area contributed by atoms with Crippen LogP contribution < -0.4 is 0 Å². The summed E-state index contributed by atoms with van der Waals surface area (Å²) < 4.78 is 24.3. The molecular formula is C15H13ClO3S. The van der Waals surface area contributed by atoms with Gasteiger partial charge in [0.05, 0.1) is 4.90 Å². The molecule has 0 N–H and O–H groups in total. The predicted molar refractivity (Wildman–Crippen MR) is 79.0 cm³/mol. The molecule has 0 aliphatic heterocycles. The van der Waals surface area contributed by atoms with Gasteiger partial charge in [-0.2, -0.15) is 0 Å². The number of carbonyl (C=O) groups excluding carboxylic acids is 1. The molecular weight excluding hydrogens is 296 g/mol. The zero-order valence-electron chi connectivity index (χ0n) is 10.8. The maximum atomic E-state index is 12.1. The van der Waals surface area contributed by atoms with Gasteiger partial charge in [-0.3, -0.25) is 4.79 Å². The number of halogens is 1. The molecule has 2 aromatic carbocycles. The minimum atomic E-state index is -3.65. The average Bonchev–Trinajstić information content (AvgIpc) is 2.38. The van der Waals surface area contributed by atoms with Crippen molar-refractivity contribution in [2.45, 2.75) is 11.8 Å². The van der Waals surface area contributed by atoms with Crippen molar-refractivity contribution in [1.29, 1.82) is 0 Å². The van der Waals surface area contributed by atoms with E-state index in [1.807, 2.05) is 13.0 Å². The van der Waals surface area contributed by atoms with E-state index in [0.717, 1.165) is 5.56 Å². The summed E-state index contributed by atoms with van der Waals surface area (Å²) in [6, 6.07) is 12.7. The molecule has 3 nitrogen and oxygen atoms in total. The first-order valence-corrected chi connectivity index (χ1v) is 8.00. The van der Waals surface area contributed by atoms with Crippen LogP contribution in [0.3, 0.4) is 0 Å². The Bertz CT molecular complexity index is 734. The Morgan fingerprint density at radius 1 is 1.10 bits per heavy atom. The van der Waals surface area contributed by atoms with Crippen molar-refractivity contribution in [2.24, 2.45) is 0 Å². The molecule has 0 heterocycles. The van der Waals surface area contributed by atoms with E-state index >= 15 is 0 Å². The summed E-state index contributed by atoms with van der Waals surface area (Å²) >= 11 is 5.72. The minimum absolute atomic E-state index is 0.0999. The van der Waals surface area contributed by atoms with E-state index in [-0.39, 0.29) is 4.90 Å². The fourth-order valence-electron chi connectivity index (χ4n) is 1.80. The van der Waals surface area contributed by atoms with Crippen LogP contribution in [0.15, 0.2) is 53.4 Å². The number of hydrogen-bond donors (Lipinski definition) is 0. The van der Waals surface area contributed by atoms with Gasteiger partial charge in [-0.15, -0.1) is 0 Å². The second kappa shape index (κ2) is 5.77. The van der Waals surface area contributed by atoms with Crippen LogP contribution in [0.4, 0.5) is 0 Å². The van der Waals surface area contributed by atoms with E-state index in [1.54, 1.807) is 18.2 Å². The van der Waals surface area contributed by atoms with E-state index in [2.05, 4.69) is 0 Å². The van der Waals surface area contributed by atoms with Gasteiger partial charge in [-0.25, -0.2) is 8.42 Å². The molecule has 104 valence electrons. The molecule has 5 heteroatoms. The Hall–Kier alpha value is -1.65. The fraction of sp³-hybridized carbons (Fsp3) is 0.133. The summed E-state index contributed by atoms with van der Waals surface area (Å²) in [5.41, 5.74) is 1.32. The molecule has 2 aromatic rings. The maximum Gasteiger partial charge on any atom is 0.185 e. The molecule has 0 aliphatic rings. The lowest BCUT2D eigenvalue weighted by Crippen LogP contribution is -2.16. The lowest BCUT2D eigenvalue weighted by Gasteiger charge is -2.05. The second-order valence-corrected chi connectivity index (χ2v) is 6.93. The Morgan fingerprint density at radius 3 is 2.35 bits per heavy atom. The van der Waals surface area contributed by atoms with Crippen LogP contribution >= 0.6 is 11.6 Å². The van der Waals surface area contributed by atoms with Crippen molar-refractivity contribution in [1.82, 2.24) is 0 Å². The second-order valence-electron chi connectivity index (χ2n) is 4.51. The molecule has 20 heavy (non-hydrogen) atoms. The number of aryl methyl sites for hydroxylation is 1. The van der Waals surface area contributed by atoms with E-state index in [0.29, 0.717) is 10.6 Å². The first kappa shape index (κ1) is 14.8. The van der Waals surface area contributed by atoms with Crippen LogP contribution in [0, 0.1) is 6.92 Å². The monoisotopic (exact) mass is 308 g/mol. The SMILES string of the molecule is Cc1cccc(C(=O)CS(=O)(=O)c2ccc(Cl)cc2)c1. The lowest BCUT2D eigenvalue weighted by atomic mass is 10.1. The highest BCUT2D eigenvalue weighted by Gasteiger charge is 2.20. The van der Waals surface area contributed by atoms with Crippen LogP contribution in [-0.4, -0.2) is 20.0 Å². The molecule has 0 unspecified atom stereocenters. The Kier molecular flexibility index (Phi) is 4.26. The highest BCUT2D eigenvalue weighted by molar-refractivity contribution is 7.92. The van der Waals surface area contributed by atoms with E-state index < -0.39 is 21.4 Å². The third kappa shape index (κ3) is 3.46. The Balaban J connectivity index is 2.24. The van der Waals surface area contributed by atoms with Crippen LogP contribution in [-0.2, 0) is 9.84 Å². The first-order valence-electron chi connectivity index (χ1n) is 5.97. The molecule has 0 atom stereocenters. The summed E-state index contributed by atoms with van der Waals surface area (Å²) in [6.07, 6.45) is 0. The molecule has 2 rings (SSSR count). The van der Waals surface area contributed by atoms with Gasteiger partial charge in [0.25, 0.3) is 0 Å². The third-order valence-electron chi connectivity index (χ3n) is 2.83. The third-order valence-corrected chi connectivity index (χ3v) is 4.72. The van der Waals surface area contributed by atoms with Crippen molar-refractivity contribution in [3.63, 3.8) is 0 Å². The molecule has 0 bridgehead atoms. The first-order chi connectivity index (χ1) is 9.38. The van der Waals surface area contributed by atoms with E-state index in [9.17, 15) is 13.2 Å². The highest BCUT2D eigenvalue weighted by atomic mass is 35.5. The molecule has 0 saturated carbocycles. The number of Topliss-reactive ketones (excluding diaryl/α,β-unsaturated/α-hetero) is 1. The smallest absolute Gasteiger partial charge is 0.185 e. The van der Waals surface area contributed by atoms with Crippen LogP contribution in [0.25, 0.3) is 0 Å². The number of hydrogen-bond acceptors (Lipinski definition) is 3. The van der Waals surface area contributed by atoms with Crippen LogP contribution in [0.5, 0.6) is 0 Å². The van der Waals surface area contributed by atoms with Gasteiger partial charge in [0.15, 0.2) is 15.6 Å². The average molecular weight is 309 g/mol. The van der Waals surface area contributed by atoms with Crippen LogP contribution in [0.2, 0.25) is 5.02 Å². The van der Waals surface area contributed by atoms with E-state index in [1.165, 1.54) is 24.3 Å². The minimum Gasteiger partial charge on any atom is -0.293 e. The van der Waals surface area contributed by atoms with Crippen molar-refractivity contribution in [2.75, 3.05) is 5.75 Å². The highest BCUT2D eigenvalue weighted by Crippen LogP contribution is 2.17. The lowest BCUT2D eigenvalue weighted by molar-refractivity contribution is 0.102. The fourth-order valence-corrected chi connectivity index (χ4v) is 3.15. The standard InChI is InChI=1S/C15H13ClO3S/c1-11-3-2-4-12(9-11)15(17)10-20(18,19)14-7-5-13(16)6-8-14/h2-9H,10H2,1H3. The number of sulfone groups is 1. The van der Waals surface area contributed by atoms with Crippen molar-refractivity contribution < 1.29 is 13.2 Å². The van der Waals surface area contributed by atoms with E-state index in [4.69, 9.17) is 11.6 Å². The summed E-state index contributed by atoms with van der Waals surface area (Å²) in [5.74, 6) is -0.957. The number of ketones is 1. The van der Waals surface area contributed by atoms with Gasteiger partial charge in [-0.05, 0) is 37.3 Å². The van der Waals surface area contributed by atoms with Crippen molar-refractivity contribution >= 4 is 27.2 Å². The summed E-state index contributed by atoms with van der Waals surface area (Å²) in [6.45, 7) is 1.85. The molecule has 0 radical (unpaired) electrons. The molecule has 0 fully saturated rings. The quantitative estimate of drug-likeness (QED) is 0.814. The summed E-state index contributed by atoms with van der Waals surface area (Å²) in [7, 11) is -3.65. The molecule has 0 aromatic heterocycles. The zero-order valence-corrected chi connectivity index (χ0v) is 12.4. The molecule has 0 aliphatic carbocycles. The predicted octanol–water partition coefficient (Wildman–Crippen LogP) is 3.31. The molecule has 0 amide bonds. The number of benzene rings is 2. The maximum absolute atomic E-state index is 12.1. The normalized spacial score (nSPS) is 11.3. The number of rotatable bonds is 4. The zero-order chi connectivity index (χ0) is 14.8. The van der Waals surface area contributed by atoms with Crippen molar-refractivity contribution in [3.8, 4) is 0 Å². The summed E-state index contributed by atoms with van der Waals surface area (Å²) in [5, 5.41) is 0.453. The Labute approximate surface area is 123 Å². The summed E-state index contributed by atoms with van der Waals surface area (Å²) in [4.78, 5) is 12.1. The van der Waals surface area contributed by atoms with Gasteiger partial charge in [0.1, 0.15) is 5.75 Å². The van der Waals surface area contributed by atoms with Gasteiger partial charge < -0.3 is 0 Å². The van der Waals surface area contributed by atoms with Crippen molar-refractivity contribution in [3.05, 3.63) is 64.7 Å². The Morgan fingerprint density at radius 2 is 1.75 bits per heavy atom. The number of carbonyl (C=O) groups is 1. The van der Waals surface area contributed by atoms with Gasteiger partial charge >= 0.3 is 0 Å². The largest absolute Gasteiger partial charge is 0.293 e. The molecule has 0 spiro atoms. The topological polar surface area (TPSA) is 51.2 Å².